The summed E-state index contributed by atoms with van der Waals surface area (Å²) in [5.41, 5.74) is 2.73. The fourth-order valence-electron chi connectivity index (χ4n) is 2.82. The van der Waals surface area contributed by atoms with Gasteiger partial charge in [-0.3, -0.25) is 9.59 Å². The molecular formula is C24H24N2O3S. The van der Waals surface area contributed by atoms with E-state index in [2.05, 4.69) is 10.6 Å². The maximum Gasteiger partial charge on any atom is 0.255 e. The summed E-state index contributed by atoms with van der Waals surface area (Å²) in [6, 6.07) is 22.1. The third-order valence-electron chi connectivity index (χ3n) is 4.40. The van der Waals surface area contributed by atoms with Gasteiger partial charge in [-0.2, -0.15) is 0 Å². The van der Waals surface area contributed by atoms with Crippen LogP contribution in [0.3, 0.4) is 0 Å². The maximum absolute atomic E-state index is 12.4. The molecule has 0 spiro atoms. The molecule has 2 amide bonds. The lowest BCUT2D eigenvalue weighted by Crippen LogP contribution is -2.16. The maximum atomic E-state index is 12.4. The van der Waals surface area contributed by atoms with Crippen LogP contribution >= 0.6 is 11.8 Å². The Morgan fingerprint density at radius 2 is 1.53 bits per heavy atom. The van der Waals surface area contributed by atoms with Gasteiger partial charge in [-0.05, 0) is 67.9 Å². The summed E-state index contributed by atoms with van der Waals surface area (Å²) in [4.78, 5) is 25.8. The van der Waals surface area contributed by atoms with Gasteiger partial charge in [0.25, 0.3) is 5.91 Å². The lowest BCUT2D eigenvalue weighted by Gasteiger charge is -2.13. The van der Waals surface area contributed by atoms with E-state index in [1.54, 1.807) is 12.1 Å². The van der Waals surface area contributed by atoms with Crippen LogP contribution in [0, 0.1) is 6.92 Å². The standard InChI is InChI=1S/C24H24N2O3S/c1-3-29-19-12-14-20(15-13-19)30-16-23(27)25-21-10-7-11-22(17(21)2)26-24(28)18-8-5-4-6-9-18/h4-15H,3,16H2,1-2H3,(H,25,27)(H,26,28). The molecule has 0 heterocycles. The molecule has 0 aromatic heterocycles. The van der Waals surface area contributed by atoms with Gasteiger partial charge >= 0.3 is 0 Å². The molecule has 0 aliphatic rings. The van der Waals surface area contributed by atoms with Crippen LogP contribution in [-0.2, 0) is 4.79 Å². The van der Waals surface area contributed by atoms with Gasteiger partial charge in [0.2, 0.25) is 5.91 Å². The molecule has 0 aliphatic carbocycles. The Labute approximate surface area is 180 Å². The Morgan fingerprint density at radius 3 is 2.20 bits per heavy atom. The van der Waals surface area contributed by atoms with Crippen LogP contribution in [0.5, 0.6) is 5.75 Å². The molecule has 3 aromatic carbocycles. The van der Waals surface area contributed by atoms with Crippen molar-refractivity contribution in [2.24, 2.45) is 0 Å². The molecule has 5 nitrogen and oxygen atoms in total. The van der Waals surface area contributed by atoms with Crippen LogP contribution in [0.2, 0.25) is 0 Å². The first-order valence-electron chi connectivity index (χ1n) is 9.68. The number of rotatable bonds is 8. The van der Waals surface area contributed by atoms with Crippen molar-refractivity contribution in [3.8, 4) is 5.75 Å². The molecule has 0 fully saturated rings. The van der Waals surface area contributed by atoms with E-state index in [0.717, 1.165) is 16.2 Å². The van der Waals surface area contributed by atoms with E-state index in [1.165, 1.54) is 11.8 Å². The summed E-state index contributed by atoms with van der Waals surface area (Å²) in [5.74, 6) is 0.807. The molecule has 0 saturated heterocycles. The monoisotopic (exact) mass is 420 g/mol. The average Bonchev–Trinajstić information content (AvgIpc) is 2.77. The van der Waals surface area contributed by atoms with Gasteiger partial charge in [0.05, 0.1) is 12.4 Å². The van der Waals surface area contributed by atoms with Gasteiger partial charge < -0.3 is 15.4 Å². The van der Waals surface area contributed by atoms with E-state index in [1.807, 2.05) is 74.5 Å². The third-order valence-corrected chi connectivity index (χ3v) is 5.41. The first-order chi connectivity index (χ1) is 14.6. The quantitative estimate of drug-likeness (QED) is 0.480. The predicted molar refractivity (Wildman–Crippen MR) is 123 cm³/mol. The molecular weight excluding hydrogens is 396 g/mol. The normalized spacial score (nSPS) is 10.3. The molecule has 2 N–H and O–H groups in total. The number of hydrogen-bond donors (Lipinski definition) is 2. The Bertz CT molecular complexity index is 1000. The minimum Gasteiger partial charge on any atom is -0.494 e. The molecule has 0 atom stereocenters. The Morgan fingerprint density at radius 1 is 0.867 bits per heavy atom. The van der Waals surface area contributed by atoms with Gasteiger partial charge in [0, 0.05) is 21.8 Å². The predicted octanol–water partition coefficient (Wildman–Crippen LogP) is 5.38. The second kappa shape index (κ2) is 10.5. The Balaban J connectivity index is 1.59. The van der Waals surface area contributed by atoms with E-state index in [0.29, 0.717) is 23.5 Å². The van der Waals surface area contributed by atoms with Gasteiger partial charge in [-0.1, -0.05) is 24.3 Å². The van der Waals surface area contributed by atoms with E-state index in [4.69, 9.17) is 4.74 Å². The van der Waals surface area contributed by atoms with Crippen molar-refractivity contribution in [2.45, 2.75) is 18.7 Å². The number of anilines is 2. The summed E-state index contributed by atoms with van der Waals surface area (Å²) in [6.45, 7) is 4.44. The fourth-order valence-corrected chi connectivity index (χ4v) is 3.52. The summed E-state index contributed by atoms with van der Waals surface area (Å²) >= 11 is 1.46. The minimum absolute atomic E-state index is 0.108. The third kappa shape index (κ3) is 5.87. The van der Waals surface area contributed by atoms with Crippen LogP contribution in [0.15, 0.2) is 77.7 Å². The smallest absolute Gasteiger partial charge is 0.255 e. The summed E-state index contributed by atoms with van der Waals surface area (Å²) in [6.07, 6.45) is 0. The zero-order valence-corrected chi connectivity index (χ0v) is 17.8. The molecule has 0 unspecified atom stereocenters. The highest BCUT2D eigenvalue weighted by atomic mass is 32.2. The van der Waals surface area contributed by atoms with Crippen molar-refractivity contribution >= 4 is 35.0 Å². The second-order valence-corrected chi connectivity index (χ2v) is 7.59. The van der Waals surface area contributed by atoms with E-state index in [-0.39, 0.29) is 17.6 Å². The van der Waals surface area contributed by atoms with Crippen molar-refractivity contribution < 1.29 is 14.3 Å². The van der Waals surface area contributed by atoms with E-state index in [9.17, 15) is 9.59 Å². The summed E-state index contributed by atoms with van der Waals surface area (Å²) in [5, 5.41) is 5.84. The number of thioether (sulfide) groups is 1. The van der Waals surface area contributed by atoms with Gasteiger partial charge in [0.1, 0.15) is 5.75 Å². The highest BCUT2D eigenvalue weighted by molar-refractivity contribution is 8.00. The number of ether oxygens (including phenoxy) is 1. The van der Waals surface area contributed by atoms with Gasteiger partial charge in [0.15, 0.2) is 0 Å². The second-order valence-electron chi connectivity index (χ2n) is 6.54. The molecule has 30 heavy (non-hydrogen) atoms. The van der Waals surface area contributed by atoms with Crippen LogP contribution in [-0.4, -0.2) is 24.2 Å². The molecule has 3 aromatic rings. The van der Waals surface area contributed by atoms with Crippen molar-refractivity contribution in [2.75, 3.05) is 23.0 Å². The largest absolute Gasteiger partial charge is 0.494 e. The first-order valence-corrected chi connectivity index (χ1v) is 10.7. The molecule has 0 aliphatic heterocycles. The van der Waals surface area contributed by atoms with Crippen molar-refractivity contribution in [1.82, 2.24) is 0 Å². The van der Waals surface area contributed by atoms with Crippen LogP contribution in [0.4, 0.5) is 11.4 Å². The van der Waals surface area contributed by atoms with Gasteiger partial charge in [-0.15, -0.1) is 11.8 Å². The van der Waals surface area contributed by atoms with Crippen molar-refractivity contribution in [3.63, 3.8) is 0 Å². The number of hydrogen-bond acceptors (Lipinski definition) is 4. The summed E-state index contributed by atoms with van der Waals surface area (Å²) < 4.78 is 5.43. The Hall–Kier alpha value is -3.25. The number of carbonyl (C=O) groups is 2. The molecule has 3 rings (SSSR count). The van der Waals surface area contributed by atoms with Crippen LogP contribution in [0.25, 0.3) is 0 Å². The Kier molecular flexibility index (Phi) is 7.51. The molecule has 0 radical (unpaired) electrons. The van der Waals surface area contributed by atoms with E-state index >= 15 is 0 Å². The minimum atomic E-state index is -0.187. The van der Waals surface area contributed by atoms with E-state index < -0.39 is 0 Å². The first kappa shape index (κ1) is 21.5. The molecule has 0 bridgehead atoms. The summed E-state index contributed by atoms with van der Waals surface area (Å²) in [7, 11) is 0. The molecule has 6 heteroatoms. The lowest BCUT2D eigenvalue weighted by atomic mass is 10.1. The molecule has 154 valence electrons. The van der Waals surface area contributed by atoms with Gasteiger partial charge in [-0.25, -0.2) is 0 Å². The zero-order valence-electron chi connectivity index (χ0n) is 17.0. The topological polar surface area (TPSA) is 67.4 Å². The number of amides is 2. The lowest BCUT2D eigenvalue weighted by molar-refractivity contribution is -0.113. The molecule has 0 saturated carbocycles. The number of nitrogens with one attached hydrogen (secondary N) is 2. The number of benzene rings is 3. The zero-order chi connectivity index (χ0) is 21.3. The van der Waals surface area contributed by atoms with Crippen molar-refractivity contribution in [1.29, 1.82) is 0 Å². The van der Waals surface area contributed by atoms with Crippen LogP contribution in [0.1, 0.15) is 22.8 Å². The number of carbonyl (C=O) groups excluding carboxylic acids is 2. The highest BCUT2D eigenvalue weighted by Crippen LogP contribution is 2.25. The van der Waals surface area contributed by atoms with Crippen LogP contribution < -0.4 is 15.4 Å². The highest BCUT2D eigenvalue weighted by Gasteiger charge is 2.11. The van der Waals surface area contributed by atoms with Crippen molar-refractivity contribution in [3.05, 3.63) is 83.9 Å². The fraction of sp³-hybridized carbons (Fsp3) is 0.167. The average molecular weight is 421 g/mol. The SMILES string of the molecule is CCOc1ccc(SCC(=O)Nc2cccc(NC(=O)c3ccccc3)c2C)cc1.